The largest absolute Gasteiger partial charge is 0.446 e. The van der Waals surface area contributed by atoms with Gasteiger partial charge in [-0.05, 0) is 18.6 Å². The minimum Gasteiger partial charge on any atom is -0.446 e. The molecule has 0 amide bonds. The van der Waals surface area contributed by atoms with Gasteiger partial charge in [-0.3, -0.25) is 19.7 Å². The van der Waals surface area contributed by atoms with E-state index in [-0.39, 0.29) is 23.3 Å². The number of esters is 1. The van der Waals surface area contributed by atoms with Crippen molar-refractivity contribution in [3.63, 3.8) is 0 Å². The Hall–Kier alpha value is -2.50. The molecule has 0 aromatic heterocycles. The van der Waals surface area contributed by atoms with Crippen molar-refractivity contribution in [2.45, 2.75) is 18.9 Å². The lowest BCUT2D eigenvalue weighted by molar-refractivity contribution is -0.384. The Morgan fingerprint density at radius 1 is 1.38 bits per heavy atom. The number of nitrogens with zero attached hydrogens (tertiary/aromatic N) is 1. The van der Waals surface area contributed by atoms with Crippen molar-refractivity contribution >= 4 is 17.4 Å². The van der Waals surface area contributed by atoms with Gasteiger partial charge in [-0.25, -0.2) is 0 Å². The SMILES string of the molecule is CC(=O)O[C@]1(c2ccc([N+](=O)[O-])cc2)C(=O)[C@H]2CC=C[C@H]21. The predicted octanol–water partition coefficient (Wildman–Crippen LogP) is 2.13. The molecule has 0 unspecified atom stereocenters. The van der Waals surface area contributed by atoms with Crippen LogP contribution < -0.4 is 0 Å². The summed E-state index contributed by atoms with van der Waals surface area (Å²) in [5.41, 5.74) is -0.901. The number of fused-ring (bicyclic) bond motifs is 1. The van der Waals surface area contributed by atoms with E-state index in [1.165, 1.54) is 31.2 Å². The Morgan fingerprint density at radius 3 is 2.62 bits per heavy atom. The molecule has 2 aliphatic rings. The van der Waals surface area contributed by atoms with Gasteiger partial charge in [-0.15, -0.1) is 0 Å². The van der Waals surface area contributed by atoms with Gasteiger partial charge in [0.2, 0.25) is 5.60 Å². The molecule has 3 rings (SSSR count). The first kappa shape index (κ1) is 13.5. The van der Waals surface area contributed by atoms with Crippen molar-refractivity contribution in [1.82, 2.24) is 0 Å². The quantitative estimate of drug-likeness (QED) is 0.368. The highest BCUT2D eigenvalue weighted by Gasteiger charge is 2.65. The van der Waals surface area contributed by atoms with E-state index in [0.717, 1.165) is 0 Å². The molecule has 0 radical (unpaired) electrons. The molecular formula is C15H13NO5. The van der Waals surface area contributed by atoms with Crippen LogP contribution in [0, 0.1) is 22.0 Å². The van der Waals surface area contributed by atoms with E-state index < -0.39 is 16.5 Å². The topological polar surface area (TPSA) is 86.5 Å². The summed E-state index contributed by atoms with van der Waals surface area (Å²) in [5, 5.41) is 10.7. The lowest BCUT2D eigenvalue weighted by atomic mass is 9.58. The fourth-order valence-electron chi connectivity index (χ4n) is 3.25. The second-order valence-electron chi connectivity index (χ2n) is 5.29. The zero-order valence-corrected chi connectivity index (χ0v) is 11.3. The van der Waals surface area contributed by atoms with Crippen molar-refractivity contribution in [2.24, 2.45) is 11.8 Å². The fourth-order valence-corrected chi connectivity index (χ4v) is 3.25. The Balaban J connectivity index is 2.04. The molecule has 21 heavy (non-hydrogen) atoms. The molecule has 2 aliphatic carbocycles. The molecule has 1 aromatic rings. The molecular weight excluding hydrogens is 274 g/mol. The average Bonchev–Trinajstić information content (AvgIpc) is 2.90. The zero-order valence-electron chi connectivity index (χ0n) is 11.3. The van der Waals surface area contributed by atoms with E-state index >= 15 is 0 Å². The molecule has 6 heteroatoms. The predicted molar refractivity (Wildman–Crippen MR) is 72.3 cm³/mol. The van der Waals surface area contributed by atoms with Crippen LogP contribution >= 0.6 is 0 Å². The number of hydrogen-bond acceptors (Lipinski definition) is 5. The number of ether oxygens (including phenoxy) is 1. The number of carbonyl (C=O) groups excluding carboxylic acids is 2. The number of rotatable bonds is 3. The number of hydrogen-bond donors (Lipinski definition) is 0. The summed E-state index contributed by atoms with van der Waals surface area (Å²) in [6.45, 7) is 1.26. The molecule has 6 nitrogen and oxygen atoms in total. The van der Waals surface area contributed by atoms with Crippen molar-refractivity contribution in [2.75, 3.05) is 0 Å². The summed E-state index contributed by atoms with van der Waals surface area (Å²) in [6.07, 6.45) is 4.44. The second kappa shape index (κ2) is 4.51. The van der Waals surface area contributed by atoms with Crippen LogP contribution in [-0.2, 0) is 19.9 Å². The summed E-state index contributed by atoms with van der Waals surface area (Å²) < 4.78 is 5.38. The minimum absolute atomic E-state index is 0.0676. The standard InChI is InChI=1S/C15H13NO5/c1-9(17)21-15(13-4-2-3-12(13)14(15)18)10-5-7-11(8-6-10)16(19)20/h2,4-8,12-13H,3H2,1H3/t12-,13+,15-/m0/s1. The first-order valence-corrected chi connectivity index (χ1v) is 6.62. The van der Waals surface area contributed by atoms with E-state index in [2.05, 4.69) is 0 Å². The van der Waals surface area contributed by atoms with Gasteiger partial charge in [-0.2, -0.15) is 0 Å². The number of carbonyl (C=O) groups is 2. The summed E-state index contributed by atoms with van der Waals surface area (Å²) in [6, 6.07) is 5.61. The van der Waals surface area contributed by atoms with Crippen molar-refractivity contribution in [1.29, 1.82) is 0 Å². The van der Waals surface area contributed by atoms with E-state index in [1.54, 1.807) is 0 Å². The first-order chi connectivity index (χ1) is 9.96. The van der Waals surface area contributed by atoms with Gasteiger partial charge in [0.25, 0.3) is 5.69 Å². The molecule has 0 bridgehead atoms. The van der Waals surface area contributed by atoms with Gasteiger partial charge in [0, 0.05) is 36.5 Å². The molecule has 1 aromatic carbocycles. The first-order valence-electron chi connectivity index (χ1n) is 6.62. The third-order valence-electron chi connectivity index (χ3n) is 4.15. The number of benzene rings is 1. The monoisotopic (exact) mass is 287 g/mol. The molecule has 1 saturated carbocycles. The Labute approximate surface area is 120 Å². The third kappa shape index (κ3) is 1.79. The van der Waals surface area contributed by atoms with Gasteiger partial charge in [0.1, 0.15) is 0 Å². The number of ketones is 1. The van der Waals surface area contributed by atoms with Crippen molar-refractivity contribution < 1.29 is 19.2 Å². The third-order valence-corrected chi connectivity index (χ3v) is 4.15. The molecule has 108 valence electrons. The number of nitro benzene ring substituents is 1. The summed E-state index contributed by atoms with van der Waals surface area (Å²) in [5.74, 6) is -1.02. The van der Waals surface area contributed by atoms with E-state index in [9.17, 15) is 19.7 Å². The van der Waals surface area contributed by atoms with Gasteiger partial charge >= 0.3 is 5.97 Å². The van der Waals surface area contributed by atoms with Crippen molar-refractivity contribution in [3.05, 3.63) is 52.1 Å². The lowest BCUT2D eigenvalue weighted by Gasteiger charge is -2.49. The van der Waals surface area contributed by atoms with Crippen LogP contribution in [0.4, 0.5) is 5.69 Å². The van der Waals surface area contributed by atoms with Gasteiger partial charge in [0.15, 0.2) is 5.78 Å². The highest BCUT2D eigenvalue weighted by atomic mass is 16.6. The number of nitro groups is 1. The maximum atomic E-state index is 12.5. The normalized spacial score (nSPS) is 29.7. The maximum Gasteiger partial charge on any atom is 0.303 e. The molecule has 3 atom stereocenters. The molecule has 0 spiro atoms. The number of allylic oxidation sites excluding steroid dienone is 1. The Kier molecular flexibility index (Phi) is 2.90. The van der Waals surface area contributed by atoms with Crippen LogP contribution in [0.2, 0.25) is 0 Å². The lowest BCUT2D eigenvalue weighted by Crippen LogP contribution is -2.61. The molecule has 1 fully saturated rings. The van der Waals surface area contributed by atoms with E-state index in [1.807, 2.05) is 12.2 Å². The van der Waals surface area contributed by atoms with E-state index in [4.69, 9.17) is 4.74 Å². The van der Waals surface area contributed by atoms with Gasteiger partial charge in [0.05, 0.1) is 4.92 Å². The average molecular weight is 287 g/mol. The smallest absolute Gasteiger partial charge is 0.303 e. The van der Waals surface area contributed by atoms with Crippen molar-refractivity contribution in [3.8, 4) is 0 Å². The summed E-state index contributed by atoms with van der Waals surface area (Å²) >= 11 is 0. The highest BCUT2D eigenvalue weighted by Crippen LogP contribution is 2.55. The number of non-ortho nitro benzene ring substituents is 1. The van der Waals surface area contributed by atoms with Gasteiger partial charge < -0.3 is 4.74 Å². The van der Waals surface area contributed by atoms with Crippen LogP contribution in [0.3, 0.4) is 0 Å². The molecule has 0 saturated heterocycles. The fraction of sp³-hybridized carbons (Fsp3) is 0.333. The van der Waals surface area contributed by atoms with Gasteiger partial charge in [-0.1, -0.05) is 12.2 Å². The zero-order chi connectivity index (χ0) is 15.2. The second-order valence-corrected chi connectivity index (χ2v) is 5.29. The maximum absolute atomic E-state index is 12.5. The van der Waals surface area contributed by atoms with Crippen LogP contribution in [0.25, 0.3) is 0 Å². The summed E-state index contributed by atoms with van der Waals surface area (Å²) in [4.78, 5) is 34.1. The Morgan fingerprint density at radius 2 is 2.05 bits per heavy atom. The molecule has 0 aliphatic heterocycles. The Bertz CT molecular complexity index is 663. The van der Waals surface area contributed by atoms with Crippen LogP contribution in [0.15, 0.2) is 36.4 Å². The molecule has 0 N–H and O–H groups in total. The highest BCUT2D eigenvalue weighted by molar-refractivity contribution is 6.00. The van der Waals surface area contributed by atoms with E-state index in [0.29, 0.717) is 12.0 Å². The van der Waals surface area contributed by atoms with Crippen LogP contribution in [0.1, 0.15) is 18.9 Å². The van der Waals surface area contributed by atoms with Crippen LogP contribution in [0.5, 0.6) is 0 Å². The summed E-state index contributed by atoms with van der Waals surface area (Å²) in [7, 11) is 0. The van der Waals surface area contributed by atoms with Crippen LogP contribution in [-0.4, -0.2) is 16.7 Å². The minimum atomic E-state index is -1.32. The molecule has 0 heterocycles. The number of Topliss-reactive ketones (excluding diaryl/α,β-unsaturated/α-hetero) is 1.